The Kier molecular flexibility index (Phi) is 7.15. The molecule has 5 heteroatoms. The Morgan fingerprint density at radius 2 is 1.69 bits per heavy atom. The number of carbonyl (C=O) groups is 1. The second kappa shape index (κ2) is 9.79. The summed E-state index contributed by atoms with van der Waals surface area (Å²) in [5, 5.41) is 2.96. The minimum absolute atomic E-state index is 0.0100. The van der Waals surface area contributed by atoms with Crippen LogP contribution >= 0.6 is 0 Å². The van der Waals surface area contributed by atoms with Crippen LogP contribution in [0.1, 0.15) is 39.2 Å². The van der Waals surface area contributed by atoms with Crippen LogP contribution in [0.4, 0.5) is 11.4 Å². The van der Waals surface area contributed by atoms with E-state index in [1.807, 2.05) is 36.4 Å². The van der Waals surface area contributed by atoms with Gasteiger partial charge in [0, 0.05) is 30.9 Å². The van der Waals surface area contributed by atoms with Crippen molar-refractivity contribution in [3.05, 3.63) is 54.1 Å². The van der Waals surface area contributed by atoms with E-state index in [1.54, 1.807) is 0 Å². The van der Waals surface area contributed by atoms with Crippen molar-refractivity contribution in [2.24, 2.45) is 0 Å². The summed E-state index contributed by atoms with van der Waals surface area (Å²) in [4.78, 5) is 14.5. The highest BCUT2D eigenvalue weighted by Gasteiger charge is 2.13. The first-order chi connectivity index (χ1) is 13.9. The summed E-state index contributed by atoms with van der Waals surface area (Å²) >= 11 is 0. The molecular formula is C24H32N2O3. The molecule has 1 aliphatic rings. The van der Waals surface area contributed by atoms with Gasteiger partial charge in [0.2, 0.25) is 5.91 Å². The van der Waals surface area contributed by atoms with Crippen molar-refractivity contribution in [3.63, 3.8) is 0 Å². The Morgan fingerprint density at radius 3 is 2.31 bits per heavy atom. The number of hydrogen-bond acceptors (Lipinski definition) is 4. The average molecular weight is 397 g/mol. The Labute approximate surface area is 174 Å². The second-order valence-corrected chi connectivity index (χ2v) is 8.42. The molecule has 1 N–H and O–H groups in total. The summed E-state index contributed by atoms with van der Waals surface area (Å²) in [7, 11) is 0. The quantitative estimate of drug-likeness (QED) is 0.694. The van der Waals surface area contributed by atoms with Gasteiger partial charge in [0.1, 0.15) is 5.75 Å². The van der Waals surface area contributed by atoms with Crippen molar-refractivity contribution in [2.45, 2.75) is 39.0 Å². The fourth-order valence-corrected chi connectivity index (χ4v) is 3.27. The maximum absolute atomic E-state index is 12.2. The summed E-state index contributed by atoms with van der Waals surface area (Å²) < 4.78 is 11.1. The first kappa shape index (κ1) is 21.2. The first-order valence-electron chi connectivity index (χ1n) is 10.4. The number of anilines is 2. The number of carbonyl (C=O) groups excluding carboxylic acids is 1. The van der Waals surface area contributed by atoms with Gasteiger partial charge in [-0.1, -0.05) is 32.9 Å². The van der Waals surface area contributed by atoms with Crippen molar-refractivity contribution in [3.8, 4) is 5.75 Å². The lowest BCUT2D eigenvalue weighted by Gasteiger charge is -2.28. The lowest BCUT2D eigenvalue weighted by Crippen LogP contribution is -2.36. The van der Waals surface area contributed by atoms with Crippen LogP contribution in [0.2, 0.25) is 0 Å². The minimum Gasteiger partial charge on any atom is -0.494 e. The maximum Gasteiger partial charge on any atom is 0.224 e. The van der Waals surface area contributed by atoms with Gasteiger partial charge in [-0.05, 0) is 53.8 Å². The van der Waals surface area contributed by atoms with Gasteiger partial charge in [-0.3, -0.25) is 4.79 Å². The summed E-state index contributed by atoms with van der Waals surface area (Å²) in [6.45, 7) is 10.4. The smallest absolute Gasteiger partial charge is 0.224 e. The molecule has 5 nitrogen and oxygen atoms in total. The zero-order valence-corrected chi connectivity index (χ0v) is 17.7. The minimum atomic E-state index is 0.0100. The summed E-state index contributed by atoms with van der Waals surface area (Å²) in [6, 6.07) is 16.2. The molecule has 0 saturated carbocycles. The van der Waals surface area contributed by atoms with E-state index in [2.05, 4.69) is 43.1 Å². The number of rotatable bonds is 7. The maximum atomic E-state index is 12.2. The fourth-order valence-electron chi connectivity index (χ4n) is 3.27. The number of morpholine rings is 1. The van der Waals surface area contributed by atoms with Crippen LogP contribution in [0.3, 0.4) is 0 Å². The lowest BCUT2D eigenvalue weighted by atomic mass is 9.87. The Hall–Kier alpha value is -2.53. The molecule has 3 rings (SSSR count). The van der Waals surface area contributed by atoms with Gasteiger partial charge in [0.15, 0.2) is 0 Å². The number of hydrogen-bond donors (Lipinski definition) is 1. The van der Waals surface area contributed by atoms with Crippen LogP contribution in [0.25, 0.3) is 0 Å². The van der Waals surface area contributed by atoms with E-state index in [-0.39, 0.29) is 11.3 Å². The highest BCUT2D eigenvalue weighted by atomic mass is 16.5. The second-order valence-electron chi connectivity index (χ2n) is 8.42. The molecule has 0 radical (unpaired) electrons. The van der Waals surface area contributed by atoms with E-state index in [0.29, 0.717) is 19.4 Å². The van der Waals surface area contributed by atoms with Crippen LogP contribution in [0.5, 0.6) is 5.75 Å². The molecule has 1 saturated heterocycles. The number of nitrogens with zero attached hydrogens (tertiary/aromatic N) is 1. The molecule has 0 atom stereocenters. The molecule has 1 fully saturated rings. The molecule has 2 aromatic rings. The van der Waals surface area contributed by atoms with Gasteiger partial charge >= 0.3 is 0 Å². The van der Waals surface area contributed by atoms with Crippen LogP contribution < -0.4 is 15.0 Å². The molecule has 0 spiro atoms. The fraction of sp³-hybridized carbons (Fsp3) is 0.458. The van der Waals surface area contributed by atoms with Gasteiger partial charge in [0.05, 0.1) is 19.8 Å². The molecule has 0 aliphatic carbocycles. The molecule has 0 unspecified atom stereocenters. The number of amides is 1. The average Bonchev–Trinajstić information content (AvgIpc) is 2.72. The van der Waals surface area contributed by atoms with E-state index in [1.165, 1.54) is 5.56 Å². The molecule has 0 bridgehead atoms. The number of nitrogens with one attached hydrogen (secondary N) is 1. The Balaban J connectivity index is 1.37. The van der Waals surface area contributed by atoms with E-state index in [9.17, 15) is 4.79 Å². The van der Waals surface area contributed by atoms with E-state index < -0.39 is 0 Å². The number of benzene rings is 2. The van der Waals surface area contributed by atoms with E-state index in [4.69, 9.17) is 9.47 Å². The third-order valence-electron chi connectivity index (χ3n) is 5.06. The molecule has 1 heterocycles. The van der Waals surface area contributed by atoms with Crippen molar-refractivity contribution in [1.82, 2.24) is 0 Å². The predicted molar refractivity (Wildman–Crippen MR) is 118 cm³/mol. The van der Waals surface area contributed by atoms with E-state index in [0.717, 1.165) is 43.4 Å². The topological polar surface area (TPSA) is 50.8 Å². The third-order valence-corrected chi connectivity index (χ3v) is 5.06. The first-order valence-corrected chi connectivity index (χ1v) is 10.4. The normalized spacial score (nSPS) is 14.5. The molecule has 29 heavy (non-hydrogen) atoms. The summed E-state index contributed by atoms with van der Waals surface area (Å²) in [5.41, 5.74) is 3.41. The number of ether oxygens (including phenoxy) is 2. The Bertz CT molecular complexity index is 773. The zero-order chi connectivity index (χ0) is 20.7. The summed E-state index contributed by atoms with van der Waals surface area (Å²) in [5.74, 6) is 0.855. The Morgan fingerprint density at radius 1 is 1.03 bits per heavy atom. The van der Waals surface area contributed by atoms with Crippen LogP contribution in [0.15, 0.2) is 48.5 Å². The van der Waals surface area contributed by atoms with Gasteiger partial charge < -0.3 is 19.7 Å². The highest BCUT2D eigenvalue weighted by molar-refractivity contribution is 5.90. The van der Waals surface area contributed by atoms with Crippen molar-refractivity contribution in [2.75, 3.05) is 43.1 Å². The zero-order valence-electron chi connectivity index (χ0n) is 17.7. The third kappa shape index (κ3) is 6.50. The molecule has 1 amide bonds. The highest BCUT2D eigenvalue weighted by Crippen LogP contribution is 2.24. The van der Waals surface area contributed by atoms with Gasteiger partial charge in [-0.15, -0.1) is 0 Å². The van der Waals surface area contributed by atoms with Gasteiger partial charge in [0.25, 0.3) is 0 Å². The molecular weight excluding hydrogens is 364 g/mol. The van der Waals surface area contributed by atoms with Crippen molar-refractivity contribution < 1.29 is 14.3 Å². The lowest BCUT2D eigenvalue weighted by molar-refractivity contribution is -0.116. The summed E-state index contributed by atoms with van der Waals surface area (Å²) in [6.07, 6.45) is 1.12. The van der Waals surface area contributed by atoms with Gasteiger partial charge in [-0.2, -0.15) is 0 Å². The van der Waals surface area contributed by atoms with Crippen molar-refractivity contribution >= 4 is 17.3 Å². The van der Waals surface area contributed by atoms with Crippen LogP contribution in [-0.2, 0) is 14.9 Å². The molecule has 156 valence electrons. The molecule has 2 aromatic carbocycles. The molecule has 0 aromatic heterocycles. The molecule has 1 aliphatic heterocycles. The predicted octanol–water partition coefficient (Wildman–Crippen LogP) is 4.62. The van der Waals surface area contributed by atoms with Crippen LogP contribution in [-0.4, -0.2) is 38.8 Å². The standard InChI is InChI=1S/C24H32N2O3/c1-24(2,3)19-6-12-22(13-7-19)29-16-4-5-23(27)25-20-8-10-21(11-9-20)26-14-17-28-18-15-26/h6-13H,4-5,14-18H2,1-3H3,(H,25,27). The monoisotopic (exact) mass is 396 g/mol. The SMILES string of the molecule is CC(C)(C)c1ccc(OCCCC(=O)Nc2ccc(N3CCOCC3)cc2)cc1. The van der Waals surface area contributed by atoms with Gasteiger partial charge in [-0.25, -0.2) is 0 Å². The van der Waals surface area contributed by atoms with Crippen molar-refractivity contribution in [1.29, 1.82) is 0 Å². The van der Waals surface area contributed by atoms with E-state index >= 15 is 0 Å². The van der Waals surface area contributed by atoms with Crippen LogP contribution in [0, 0.1) is 0 Å². The largest absolute Gasteiger partial charge is 0.494 e.